The molecule has 49 heavy (non-hydrogen) atoms. The number of para-hydroxylation sites is 1. The van der Waals surface area contributed by atoms with E-state index in [1.54, 1.807) is 0 Å². The maximum Gasteiger partial charge on any atom is 0.305 e. The van der Waals surface area contributed by atoms with Crippen molar-refractivity contribution in [3.63, 3.8) is 0 Å². The van der Waals surface area contributed by atoms with Gasteiger partial charge in [0, 0.05) is 41.2 Å². The Morgan fingerprint density at radius 1 is 1.02 bits per heavy atom. The zero-order valence-corrected chi connectivity index (χ0v) is 30.1. The molecule has 0 fully saturated rings. The van der Waals surface area contributed by atoms with Gasteiger partial charge in [0.2, 0.25) is 5.52 Å². The van der Waals surface area contributed by atoms with Gasteiger partial charge in [-0.15, -0.1) is 0 Å². The van der Waals surface area contributed by atoms with Gasteiger partial charge in [-0.1, -0.05) is 86.6 Å². The number of carbonyl (C=O) groups excluding carboxylic acids is 1. The SMILES string of the molecule is CCOC(=O)CCCCCC1(C)C2=C3C=C4C=C5c6sc7c8ccccc8ccc7[n+]6CC(C)(C)C5OC4CC3CCN2c2ccccc21. The number of thiazole rings is 1. The topological polar surface area (TPSA) is 42.6 Å². The quantitative estimate of drug-likeness (QED) is 0.112. The molecule has 4 unspecified atom stereocenters. The van der Waals surface area contributed by atoms with Crippen LogP contribution in [0.25, 0.3) is 26.6 Å². The summed E-state index contributed by atoms with van der Waals surface area (Å²) in [5.74, 6) is 0.427. The standard InChI is InChI=1S/C43H47N2O3S/c1-5-47-37(46)17-7-6-12-21-43(4)33-15-10-11-16-34(33)44-22-20-28-25-36-29(23-31(28)39(43)44)24-32-40(48-36)42(2,3)26-45-35-19-18-27-13-8-9-14-30(27)38(35)49-41(32)45/h8-11,13-16,18-19,23-24,28,36,40H,5-7,12,17,20-22,25-26H2,1-4H3/q+1. The number of aromatic nitrogens is 1. The van der Waals surface area contributed by atoms with Gasteiger partial charge < -0.3 is 14.4 Å². The normalized spacial score (nSPS) is 26.3. The predicted octanol–water partition coefficient (Wildman–Crippen LogP) is 9.43. The smallest absolute Gasteiger partial charge is 0.305 e. The maximum absolute atomic E-state index is 12.0. The molecule has 4 aliphatic heterocycles. The van der Waals surface area contributed by atoms with Gasteiger partial charge in [0.1, 0.15) is 10.8 Å². The van der Waals surface area contributed by atoms with Gasteiger partial charge in [0.15, 0.2) is 6.54 Å². The van der Waals surface area contributed by atoms with Crippen molar-refractivity contribution in [2.45, 2.75) is 96.8 Å². The highest BCUT2D eigenvalue weighted by Crippen LogP contribution is 2.57. The van der Waals surface area contributed by atoms with Gasteiger partial charge in [0.25, 0.3) is 5.01 Å². The monoisotopic (exact) mass is 671 g/mol. The molecule has 0 saturated heterocycles. The molecule has 6 heteroatoms. The van der Waals surface area contributed by atoms with Crippen molar-refractivity contribution in [2.24, 2.45) is 11.3 Å². The number of benzene rings is 3. The molecule has 4 aromatic rings. The fourth-order valence-electron chi connectivity index (χ4n) is 9.79. The van der Waals surface area contributed by atoms with Crippen LogP contribution >= 0.6 is 11.3 Å². The van der Waals surface area contributed by atoms with E-state index in [1.807, 2.05) is 18.3 Å². The van der Waals surface area contributed by atoms with Gasteiger partial charge in [-0.05, 0) is 85.8 Å². The largest absolute Gasteiger partial charge is 0.466 e. The van der Waals surface area contributed by atoms with Gasteiger partial charge in [-0.3, -0.25) is 4.79 Å². The molecule has 0 spiro atoms. The Morgan fingerprint density at radius 2 is 1.86 bits per heavy atom. The van der Waals surface area contributed by atoms with Crippen molar-refractivity contribution in [2.75, 3.05) is 18.1 Å². The second-order valence-electron chi connectivity index (χ2n) is 15.8. The van der Waals surface area contributed by atoms with E-state index in [-0.39, 0.29) is 29.0 Å². The van der Waals surface area contributed by atoms with Crippen LogP contribution in [0.2, 0.25) is 0 Å². The summed E-state index contributed by atoms with van der Waals surface area (Å²) in [6.45, 7) is 11.6. The molecule has 0 bridgehead atoms. The summed E-state index contributed by atoms with van der Waals surface area (Å²) in [5.41, 5.74) is 9.80. The molecule has 0 N–H and O–H groups in total. The van der Waals surface area contributed by atoms with Gasteiger partial charge in [0.05, 0.1) is 23.7 Å². The van der Waals surface area contributed by atoms with Crippen LogP contribution in [0.3, 0.4) is 0 Å². The van der Waals surface area contributed by atoms with Gasteiger partial charge in [-0.2, -0.15) is 4.57 Å². The van der Waals surface area contributed by atoms with E-state index in [9.17, 15) is 4.79 Å². The first-order valence-electron chi connectivity index (χ1n) is 18.5. The molecule has 3 aromatic carbocycles. The molecule has 0 radical (unpaired) electrons. The Balaban J connectivity index is 1.12. The van der Waals surface area contributed by atoms with Gasteiger partial charge in [-0.25, -0.2) is 0 Å². The summed E-state index contributed by atoms with van der Waals surface area (Å²) in [4.78, 5) is 14.6. The van der Waals surface area contributed by atoms with Crippen LogP contribution in [0.15, 0.2) is 89.7 Å². The Hall–Kier alpha value is -3.74. The molecular formula is C43H47N2O3S+. The van der Waals surface area contributed by atoms with Crippen molar-refractivity contribution in [1.82, 2.24) is 0 Å². The van der Waals surface area contributed by atoms with Crippen LogP contribution in [0.5, 0.6) is 0 Å². The highest BCUT2D eigenvalue weighted by Gasteiger charge is 2.53. The van der Waals surface area contributed by atoms with Crippen LogP contribution in [0.1, 0.15) is 83.2 Å². The first-order valence-corrected chi connectivity index (χ1v) is 19.3. The van der Waals surface area contributed by atoms with E-state index in [1.165, 1.54) is 59.7 Å². The van der Waals surface area contributed by atoms with Gasteiger partial charge >= 0.3 is 5.97 Å². The van der Waals surface area contributed by atoms with Crippen molar-refractivity contribution in [3.8, 4) is 0 Å². The third-order valence-electron chi connectivity index (χ3n) is 12.1. The lowest BCUT2D eigenvalue weighted by Crippen LogP contribution is -2.56. The van der Waals surface area contributed by atoms with Crippen molar-refractivity contribution in [1.29, 1.82) is 0 Å². The van der Waals surface area contributed by atoms with Crippen LogP contribution in [0.4, 0.5) is 5.69 Å². The first-order chi connectivity index (χ1) is 23.8. The van der Waals surface area contributed by atoms with Crippen LogP contribution in [-0.4, -0.2) is 31.3 Å². The number of rotatable bonds is 7. The Morgan fingerprint density at radius 3 is 2.73 bits per heavy atom. The zero-order chi connectivity index (χ0) is 33.5. The number of ether oxygens (including phenoxy) is 2. The minimum absolute atomic E-state index is 0.0181. The highest BCUT2D eigenvalue weighted by molar-refractivity contribution is 7.20. The fourth-order valence-corrected chi connectivity index (χ4v) is 11.1. The number of unbranched alkanes of at least 4 members (excludes halogenated alkanes) is 2. The second kappa shape index (κ2) is 11.7. The van der Waals surface area contributed by atoms with Crippen molar-refractivity contribution in [3.05, 3.63) is 100 Å². The van der Waals surface area contributed by atoms with E-state index < -0.39 is 0 Å². The van der Waals surface area contributed by atoms with E-state index >= 15 is 0 Å². The molecule has 1 aliphatic carbocycles. The number of fused-ring (bicyclic) bond motifs is 12. The van der Waals surface area contributed by atoms with Crippen molar-refractivity contribution >= 4 is 49.6 Å². The third-order valence-corrected chi connectivity index (χ3v) is 13.4. The molecule has 252 valence electrons. The third kappa shape index (κ3) is 4.88. The highest BCUT2D eigenvalue weighted by atomic mass is 32.1. The summed E-state index contributed by atoms with van der Waals surface area (Å²) in [6, 6.07) is 22.5. The molecule has 9 rings (SSSR count). The van der Waals surface area contributed by atoms with E-state index in [0.717, 1.165) is 51.6 Å². The molecule has 5 nitrogen and oxygen atoms in total. The molecule has 4 atom stereocenters. The van der Waals surface area contributed by atoms with Crippen LogP contribution in [-0.2, 0) is 26.2 Å². The average Bonchev–Trinajstić information content (AvgIpc) is 3.59. The summed E-state index contributed by atoms with van der Waals surface area (Å²) in [5, 5.41) is 3.99. The van der Waals surface area contributed by atoms with Crippen LogP contribution in [0, 0.1) is 11.3 Å². The Kier molecular flexibility index (Phi) is 7.44. The number of hydrogen-bond donors (Lipinski definition) is 0. The molecule has 1 aromatic heterocycles. The number of nitrogens with zero attached hydrogens (tertiary/aromatic N) is 2. The van der Waals surface area contributed by atoms with E-state index in [2.05, 4.69) is 103 Å². The number of allylic oxidation sites excluding steroid dienone is 3. The molecule has 5 aliphatic rings. The molecule has 0 saturated carbocycles. The van der Waals surface area contributed by atoms with Crippen LogP contribution < -0.4 is 9.47 Å². The maximum atomic E-state index is 12.0. The Bertz CT molecular complexity index is 2100. The summed E-state index contributed by atoms with van der Waals surface area (Å²) in [7, 11) is 0. The lowest BCUT2D eigenvalue weighted by Gasteiger charge is -2.46. The number of anilines is 1. The minimum Gasteiger partial charge on any atom is -0.466 e. The minimum atomic E-state index is -0.0727. The molecular weight excluding hydrogens is 625 g/mol. The average molecular weight is 672 g/mol. The molecule has 0 amide bonds. The second-order valence-corrected chi connectivity index (χ2v) is 16.8. The molecule has 5 heterocycles. The number of carbonyl (C=O) groups is 1. The fraction of sp³-hybridized carbons (Fsp3) is 0.442. The number of hydrogen-bond acceptors (Lipinski definition) is 5. The summed E-state index contributed by atoms with van der Waals surface area (Å²) >= 11 is 1.94. The lowest BCUT2D eigenvalue weighted by atomic mass is 9.69. The first kappa shape index (κ1) is 31.3. The summed E-state index contributed by atoms with van der Waals surface area (Å²) in [6.07, 6.45) is 12.1. The lowest BCUT2D eigenvalue weighted by molar-refractivity contribution is -0.688. The van der Waals surface area contributed by atoms with E-state index in [0.29, 0.717) is 18.9 Å². The Labute approximate surface area is 293 Å². The zero-order valence-electron chi connectivity index (χ0n) is 29.3. The predicted molar refractivity (Wildman–Crippen MR) is 199 cm³/mol. The van der Waals surface area contributed by atoms with E-state index in [4.69, 9.17) is 9.47 Å². The number of esters is 1. The van der Waals surface area contributed by atoms with Crippen molar-refractivity contribution < 1.29 is 18.8 Å². The summed E-state index contributed by atoms with van der Waals surface area (Å²) < 4.78 is 16.4.